The molecule has 3 nitrogen and oxygen atoms in total. The van der Waals surface area contributed by atoms with E-state index in [0.717, 1.165) is 17.0 Å². The van der Waals surface area contributed by atoms with Gasteiger partial charge in [-0.15, -0.1) is 0 Å². The van der Waals surface area contributed by atoms with Gasteiger partial charge in [0.1, 0.15) is 5.76 Å². The number of furan rings is 1. The molecule has 0 saturated carbocycles. The van der Waals surface area contributed by atoms with Crippen molar-refractivity contribution in [2.24, 2.45) is 11.7 Å². The van der Waals surface area contributed by atoms with E-state index in [-0.39, 0.29) is 6.04 Å². The molecule has 0 aromatic carbocycles. The van der Waals surface area contributed by atoms with Crippen LogP contribution in [0.3, 0.4) is 0 Å². The maximum atomic E-state index is 5.77. The van der Waals surface area contributed by atoms with Crippen LogP contribution in [-0.2, 0) is 0 Å². The van der Waals surface area contributed by atoms with E-state index in [2.05, 4.69) is 41.7 Å². The lowest BCUT2D eigenvalue weighted by Gasteiger charge is -2.26. The third-order valence-corrected chi connectivity index (χ3v) is 2.76. The Hall–Kier alpha value is -0.320. The minimum absolute atomic E-state index is 0.165. The first kappa shape index (κ1) is 12.7. The summed E-state index contributed by atoms with van der Waals surface area (Å²) < 4.78 is 6.29. The van der Waals surface area contributed by atoms with Gasteiger partial charge >= 0.3 is 0 Å². The molecule has 0 aliphatic rings. The Bertz CT molecular complexity index is 299. The van der Waals surface area contributed by atoms with Crippen molar-refractivity contribution in [2.75, 3.05) is 20.1 Å². The summed E-state index contributed by atoms with van der Waals surface area (Å²) in [5.74, 6) is 1.55. The van der Waals surface area contributed by atoms with Crippen molar-refractivity contribution in [2.45, 2.75) is 19.9 Å². The predicted molar refractivity (Wildman–Crippen MR) is 65.7 cm³/mol. The molecular formula is C11H19BrN2O. The number of hydrogen-bond acceptors (Lipinski definition) is 3. The molecule has 4 heteroatoms. The van der Waals surface area contributed by atoms with Crippen molar-refractivity contribution in [3.05, 3.63) is 22.6 Å². The molecule has 2 N–H and O–H groups in total. The average molecular weight is 275 g/mol. The van der Waals surface area contributed by atoms with E-state index in [0.29, 0.717) is 12.5 Å². The monoisotopic (exact) mass is 274 g/mol. The van der Waals surface area contributed by atoms with E-state index in [9.17, 15) is 0 Å². The molecule has 0 radical (unpaired) electrons. The number of hydrogen-bond donors (Lipinski definition) is 1. The lowest BCUT2D eigenvalue weighted by Crippen LogP contribution is -2.32. The number of nitrogens with zero attached hydrogens (tertiary/aromatic N) is 1. The Morgan fingerprint density at radius 3 is 2.53 bits per heavy atom. The molecule has 1 unspecified atom stereocenters. The summed E-state index contributed by atoms with van der Waals surface area (Å²) >= 11 is 3.30. The van der Waals surface area contributed by atoms with Crippen molar-refractivity contribution < 1.29 is 4.42 Å². The van der Waals surface area contributed by atoms with Crippen LogP contribution in [0.2, 0.25) is 0 Å². The van der Waals surface area contributed by atoms with Crippen LogP contribution in [0, 0.1) is 5.92 Å². The fraction of sp³-hybridized carbons (Fsp3) is 0.636. The lowest BCUT2D eigenvalue weighted by atomic mass is 10.1. The van der Waals surface area contributed by atoms with Gasteiger partial charge in [0.25, 0.3) is 0 Å². The van der Waals surface area contributed by atoms with Gasteiger partial charge in [0.15, 0.2) is 4.67 Å². The largest absolute Gasteiger partial charge is 0.453 e. The third kappa shape index (κ3) is 3.63. The molecule has 1 rings (SSSR count). The molecule has 0 amide bonds. The van der Waals surface area contributed by atoms with Crippen LogP contribution in [-0.4, -0.2) is 25.0 Å². The second-order valence-electron chi connectivity index (χ2n) is 4.23. The fourth-order valence-electron chi connectivity index (χ4n) is 1.72. The molecule has 0 saturated heterocycles. The van der Waals surface area contributed by atoms with E-state index in [1.54, 1.807) is 0 Å². The second-order valence-corrected chi connectivity index (χ2v) is 5.01. The summed E-state index contributed by atoms with van der Waals surface area (Å²) in [5.41, 5.74) is 5.77. The van der Waals surface area contributed by atoms with E-state index in [1.165, 1.54) is 0 Å². The molecule has 1 aromatic rings. The summed E-state index contributed by atoms with van der Waals surface area (Å²) in [5, 5.41) is 0. The number of halogens is 1. The quantitative estimate of drug-likeness (QED) is 0.898. The average Bonchev–Trinajstić information content (AvgIpc) is 2.51. The molecule has 0 aliphatic heterocycles. The molecule has 1 heterocycles. The molecule has 0 aliphatic carbocycles. The van der Waals surface area contributed by atoms with Gasteiger partial charge < -0.3 is 10.2 Å². The van der Waals surface area contributed by atoms with Gasteiger partial charge in [0.05, 0.1) is 6.04 Å². The number of rotatable bonds is 5. The summed E-state index contributed by atoms with van der Waals surface area (Å²) in [6, 6.07) is 4.04. The van der Waals surface area contributed by atoms with Crippen LogP contribution < -0.4 is 5.73 Å². The topological polar surface area (TPSA) is 42.4 Å². The molecule has 1 aromatic heterocycles. The highest BCUT2D eigenvalue weighted by atomic mass is 79.9. The summed E-state index contributed by atoms with van der Waals surface area (Å²) in [7, 11) is 2.08. The normalized spacial score (nSPS) is 13.8. The molecule has 1 atom stereocenters. The zero-order valence-corrected chi connectivity index (χ0v) is 11.1. The molecule has 0 bridgehead atoms. The van der Waals surface area contributed by atoms with Crippen LogP contribution in [0.1, 0.15) is 25.6 Å². The summed E-state index contributed by atoms with van der Waals surface area (Å²) in [4.78, 5) is 2.23. The Morgan fingerprint density at radius 2 is 2.13 bits per heavy atom. The van der Waals surface area contributed by atoms with Gasteiger partial charge in [0.2, 0.25) is 0 Å². The lowest BCUT2D eigenvalue weighted by molar-refractivity contribution is 0.198. The highest BCUT2D eigenvalue weighted by Crippen LogP contribution is 2.24. The Labute approximate surface area is 99.7 Å². The van der Waals surface area contributed by atoms with Gasteiger partial charge in [-0.1, -0.05) is 13.8 Å². The van der Waals surface area contributed by atoms with Gasteiger partial charge in [-0.2, -0.15) is 0 Å². The molecule has 86 valence electrons. The summed E-state index contributed by atoms with van der Waals surface area (Å²) in [6.45, 7) is 5.98. The van der Waals surface area contributed by atoms with Gasteiger partial charge in [-0.05, 0) is 41.0 Å². The first-order valence-corrected chi connectivity index (χ1v) is 5.99. The minimum atomic E-state index is 0.165. The molecule has 15 heavy (non-hydrogen) atoms. The van der Waals surface area contributed by atoms with E-state index in [1.807, 2.05) is 12.1 Å². The Morgan fingerprint density at radius 1 is 1.47 bits per heavy atom. The van der Waals surface area contributed by atoms with E-state index < -0.39 is 0 Å². The number of nitrogens with two attached hydrogens (primary N) is 1. The van der Waals surface area contributed by atoms with Crippen LogP contribution in [0.5, 0.6) is 0 Å². The zero-order chi connectivity index (χ0) is 11.4. The van der Waals surface area contributed by atoms with Gasteiger partial charge in [0, 0.05) is 13.1 Å². The van der Waals surface area contributed by atoms with Crippen LogP contribution in [0.15, 0.2) is 21.2 Å². The standard InChI is InChI=1S/C11H19BrN2O/c1-8(2)7-14(3)9(6-13)10-4-5-11(12)15-10/h4-5,8-9H,6-7,13H2,1-3H3. The smallest absolute Gasteiger partial charge is 0.169 e. The highest BCUT2D eigenvalue weighted by molar-refractivity contribution is 9.10. The first-order chi connectivity index (χ1) is 7.04. The minimum Gasteiger partial charge on any atom is -0.453 e. The fourth-order valence-corrected chi connectivity index (χ4v) is 2.04. The maximum Gasteiger partial charge on any atom is 0.169 e. The highest BCUT2D eigenvalue weighted by Gasteiger charge is 2.19. The SMILES string of the molecule is CC(C)CN(C)C(CN)c1ccc(Br)o1. The van der Waals surface area contributed by atoms with Crippen LogP contribution in [0.4, 0.5) is 0 Å². The molecular weight excluding hydrogens is 256 g/mol. The van der Waals surface area contributed by atoms with E-state index >= 15 is 0 Å². The first-order valence-electron chi connectivity index (χ1n) is 5.20. The maximum absolute atomic E-state index is 5.77. The zero-order valence-electron chi connectivity index (χ0n) is 9.53. The predicted octanol–water partition coefficient (Wildman–Crippen LogP) is 2.63. The van der Waals surface area contributed by atoms with Gasteiger partial charge in [-0.3, -0.25) is 4.90 Å². The summed E-state index contributed by atoms with van der Waals surface area (Å²) in [6.07, 6.45) is 0. The number of likely N-dealkylation sites (N-methyl/N-ethyl adjacent to an activating group) is 1. The molecule has 0 spiro atoms. The molecule has 0 fully saturated rings. The van der Waals surface area contributed by atoms with Crippen LogP contribution in [0.25, 0.3) is 0 Å². The van der Waals surface area contributed by atoms with Crippen molar-refractivity contribution in [1.82, 2.24) is 4.90 Å². The van der Waals surface area contributed by atoms with Crippen LogP contribution >= 0.6 is 15.9 Å². The third-order valence-electron chi connectivity index (χ3n) is 2.33. The Kier molecular flexibility index (Phi) is 4.83. The van der Waals surface area contributed by atoms with Crippen molar-refractivity contribution in [3.8, 4) is 0 Å². The van der Waals surface area contributed by atoms with E-state index in [4.69, 9.17) is 10.2 Å². The second kappa shape index (κ2) is 5.68. The van der Waals surface area contributed by atoms with Gasteiger partial charge in [-0.25, -0.2) is 0 Å². The van der Waals surface area contributed by atoms with Crippen molar-refractivity contribution >= 4 is 15.9 Å². The Balaban J connectivity index is 2.70. The van der Waals surface area contributed by atoms with Crippen molar-refractivity contribution in [3.63, 3.8) is 0 Å². The van der Waals surface area contributed by atoms with Crippen molar-refractivity contribution in [1.29, 1.82) is 0 Å².